The molecule has 3 nitrogen and oxygen atoms in total. The minimum Gasteiger partial charge on any atom is -0.505 e. The highest BCUT2D eigenvalue weighted by Crippen LogP contribution is 2.34. The van der Waals surface area contributed by atoms with E-state index in [1.165, 1.54) is 12.1 Å². The Bertz CT molecular complexity index is 860. The first-order valence-corrected chi connectivity index (χ1v) is 7.60. The SMILES string of the molecule is CCc1cc2ccccn2c1C(=O)c1cc(Cl)c(O)c(Cl)c1. The molecule has 0 saturated heterocycles. The van der Waals surface area contributed by atoms with Crippen LogP contribution in [-0.4, -0.2) is 15.3 Å². The molecule has 0 aliphatic heterocycles. The molecule has 1 aromatic carbocycles. The van der Waals surface area contributed by atoms with Crippen molar-refractivity contribution < 1.29 is 9.90 Å². The van der Waals surface area contributed by atoms with Crippen LogP contribution in [-0.2, 0) is 6.42 Å². The second kappa shape index (κ2) is 5.67. The van der Waals surface area contributed by atoms with E-state index in [9.17, 15) is 9.90 Å². The normalized spacial score (nSPS) is 11.0. The molecule has 0 spiro atoms. The van der Waals surface area contributed by atoms with E-state index in [0.29, 0.717) is 11.3 Å². The number of benzene rings is 1. The number of ketones is 1. The van der Waals surface area contributed by atoms with Crippen LogP contribution < -0.4 is 0 Å². The lowest BCUT2D eigenvalue weighted by Crippen LogP contribution is -2.08. The van der Waals surface area contributed by atoms with Crippen molar-refractivity contribution in [2.45, 2.75) is 13.3 Å². The second-order valence-corrected chi connectivity index (χ2v) is 5.80. The van der Waals surface area contributed by atoms with Crippen LogP contribution in [0, 0.1) is 0 Å². The predicted octanol–water partition coefficient (Wildman–Crippen LogP) is 4.75. The van der Waals surface area contributed by atoms with Crippen molar-refractivity contribution in [3.05, 3.63) is 69.5 Å². The lowest BCUT2D eigenvalue weighted by Gasteiger charge is -2.07. The lowest BCUT2D eigenvalue weighted by atomic mass is 10.0. The van der Waals surface area contributed by atoms with Crippen molar-refractivity contribution in [3.63, 3.8) is 0 Å². The van der Waals surface area contributed by atoms with Crippen molar-refractivity contribution in [1.82, 2.24) is 4.40 Å². The van der Waals surface area contributed by atoms with Crippen molar-refractivity contribution in [2.24, 2.45) is 0 Å². The Morgan fingerprint density at radius 3 is 2.50 bits per heavy atom. The van der Waals surface area contributed by atoms with Gasteiger partial charge in [-0.25, -0.2) is 0 Å². The van der Waals surface area contributed by atoms with E-state index >= 15 is 0 Å². The molecule has 0 fully saturated rings. The first-order valence-electron chi connectivity index (χ1n) is 6.84. The molecule has 22 heavy (non-hydrogen) atoms. The molecule has 0 atom stereocenters. The molecule has 5 heteroatoms. The molecule has 0 saturated carbocycles. The van der Waals surface area contributed by atoms with Crippen LogP contribution in [0.5, 0.6) is 5.75 Å². The highest BCUT2D eigenvalue weighted by Gasteiger charge is 2.20. The van der Waals surface area contributed by atoms with Gasteiger partial charge in [-0.05, 0) is 42.3 Å². The molecule has 1 N–H and O–H groups in total. The third kappa shape index (κ3) is 2.36. The van der Waals surface area contributed by atoms with Crippen LogP contribution >= 0.6 is 23.2 Å². The molecule has 0 unspecified atom stereocenters. The Labute approximate surface area is 137 Å². The van der Waals surface area contributed by atoms with Gasteiger partial charge in [0.2, 0.25) is 5.78 Å². The number of nitrogens with zero attached hydrogens (tertiary/aromatic N) is 1. The maximum absolute atomic E-state index is 12.9. The highest BCUT2D eigenvalue weighted by atomic mass is 35.5. The second-order valence-electron chi connectivity index (χ2n) is 4.98. The average Bonchev–Trinajstić information content (AvgIpc) is 2.89. The smallest absolute Gasteiger partial charge is 0.210 e. The van der Waals surface area contributed by atoms with Crippen molar-refractivity contribution in [1.29, 1.82) is 0 Å². The molecule has 0 aliphatic rings. The number of aryl methyl sites for hydroxylation is 1. The summed E-state index contributed by atoms with van der Waals surface area (Å²) in [4.78, 5) is 12.9. The molecule has 0 aliphatic carbocycles. The lowest BCUT2D eigenvalue weighted by molar-refractivity contribution is 0.103. The molecule has 112 valence electrons. The van der Waals surface area contributed by atoms with Crippen molar-refractivity contribution in [2.75, 3.05) is 0 Å². The summed E-state index contributed by atoms with van der Waals surface area (Å²) >= 11 is 11.8. The third-order valence-corrected chi connectivity index (χ3v) is 4.21. The van der Waals surface area contributed by atoms with Gasteiger partial charge < -0.3 is 9.51 Å². The van der Waals surface area contributed by atoms with Crippen LogP contribution in [0.25, 0.3) is 5.52 Å². The summed E-state index contributed by atoms with van der Waals surface area (Å²) < 4.78 is 1.86. The number of pyridine rings is 1. The van der Waals surface area contributed by atoms with E-state index in [1.54, 1.807) is 0 Å². The zero-order chi connectivity index (χ0) is 15.9. The summed E-state index contributed by atoms with van der Waals surface area (Å²) in [6, 6.07) is 10.6. The number of carbonyl (C=O) groups is 1. The number of carbonyl (C=O) groups excluding carboxylic acids is 1. The largest absolute Gasteiger partial charge is 0.505 e. The molecule has 2 heterocycles. The first kappa shape index (κ1) is 14.9. The Morgan fingerprint density at radius 1 is 1.18 bits per heavy atom. The Kier molecular flexibility index (Phi) is 3.85. The highest BCUT2D eigenvalue weighted by molar-refractivity contribution is 6.37. The first-order chi connectivity index (χ1) is 10.5. The standard InChI is InChI=1S/C17H13Cl2NO2/c1-2-10-7-12-5-3-4-6-20(12)15(10)16(21)11-8-13(18)17(22)14(19)9-11/h3-9,22H,2H2,1H3. The number of rotatable bonds is 3. The van der Waals surface area contributed by atoms with Crippen LogP contribution in [0.3, 0.4) is 0 Å². The maximum atomic E-state index is 12.9. The monoisotopic (exact) mass is 333 g/mol. The molecule has 2 aromatic heterocycles. The Hall–Kier alpha value is -1.97. The zero-order valence-electron chi connectivity index (χ0n) is 11.8. The fourth-order valence-electron chi connectivity index (χ4n) is 2.54. The number of phenolic OH excluding ortho intramolecular Hbond substituents is 1. The Morgan fingerprint density at radius 2 is 1.86 bits per heavy atom. The van der Waals surface area contributed by atoms with E-state index in [-0.39, 0.29) is 21.6 Å². The fourth-order valence-corrected chi connectivity index (χ4v) is 3.02. The quantitative estimate of drug-likeness (QED) is 0.703. The van der Waals surface area contributed by atoms with Crippen LogP contribution in [0.15, 0.2) is 42.6 Å². The third-order valence-electron chi connectivity index (χ3n) is 3.63. The fraction of sp³-hybridized carbons (Fsp3) is 0.118. The number of hydrogen-bond acceptors (Lipinski definition) is 2. The van der Waals surface area contributed by atoms with Gasteiger partial charge in [-0.2, -0.15) is 0 Å². The van der Waals surface area contributed by atoms with E-state index in [2.05, 4.69) is 0 Å². The topological polar surface area (TPSA) is 41.7 Å². The van der Waals surface area contributed by atoms with Gasteiger partial charge in [-0.3, -0.25) is 4.79 Å². The van der Waals surface area contributed by atoms with Gasteiger partial charge in [-0.15, -0.1) is 0 Å². The van der Waals surface area contributed by atoms with Gasteiger partial charge in [0.1, 0.15) is 0 Å². The summed E-state index contributed by atoms with van der Waals surface area (Å²) in [6.45, 7) is 2.00. The number of fused-ring (bicyclic) bond motifs is 1. The van der Waals surface area contributed by atoms with Gasteiger partial charge in [-0.1, -0.05) is 36.2 Å². The summed E-state index contributed by atoms with van der Waals surface area (Å²) in [5.41, 5.74) is 2.86. The van der Waals surface area contributed by atoms with E-state index < -0.39 is 0 Å². The molecule has 3 rings (SSSR count). The molecular formula is C17H13Cl2NO2. The maximum Gasteiger partial charge on any atom is 0.210 e. The average molecular weight is 334 g/mol. The molecular weight excluding hydrogens is 321 g/mol. The zero-order valence-corrected chi connectivity index (χ0v) is 13.3. The van der Waals surface area contributed by atoms with Gasteiger partial charge >= 0.3 is 0 Å². The number of aromatic nitrogens is 1. The molecule has 3 aromatic rings. The van der Waals surface area contributed by atoms with Gasteiger partial charge in [0.25, 0.3) is 0 Å². The minimum absolute atomic E-state index is 0.0646. The van der Waals surface area contributed by atoms with Crippen LogP contribution in [0.2, 0.25) is 10.0 Å². The van der Waals surface area contributed by atoms with E-state index in [4.69, 9.17) is 23.2 Å². The predicted molar refractivity (Wildman–Crippen MR) is 88.3 cm³/mol. The number of aromatic hydroxyl groups is 1. The van der Waals surface area contributed by atoms with Crippen molar-refractivity contribution in [3.8, 4) is 5.75 Å². The van der Waals surface area contributed by atoms with Gasteiger partial charge in [0.05, 0.1) is 15.7 Å². The number of halogens is 2. The van der Waals surface area contributed by atoms with E-state index in [0.717, 1.165) is 17.5 Å². The summed E-state index contributed by atoms with van der Waals surface area (Å²) in [7, 11) is 0. The number of phenols is 1. The summed E-state index contributed by atoms with van der Waals surface area (Å²) in [5.74, 6) is -0.387. The summed E-state index contributed by atoms with van der Waals surface area (Å²) in [6.07, 6.45) is 2.59. The van der Waals surface area contributed by atoms with Gasteiger partial charge in [0.15, 0.2) is 5.75 Å². The number of hydrogen-bond donors (Lipinski definition) is 1. The van der Waals surface area contributed by atoms with Gasteiger partial charge in [0, 0.05) is 17.3 Å². The van der Waals surface area contributed by atoms with Crippen molar-refractivity contribution >= 4 is 34.5 Å². The van der Waals surface area contributed by atoms with Crippen LogP contribution in [0.1, 0.15) is 28.5 Å². The minimum atomic E-state index is -0.212. The molecule has 0 amide bonds. The molecule has 0 bridgehead atoms. The Balaban J connectivity index is 2.21. The van der Waals surface area contributed by atoms with E-state index in [1.807, 2.05) is 41.8 Å². The summed E-state index contributed by atoms with van der Waals surface area (Å²) in [5, 5.41) is 9.76. The van der Waals surface area contributed by atoms with Crippen LogP contribution in [0.4, 0.5) is 0 Å². The molecule has 0 radical (unpaired) electrons.